The zero-order chi connectivity index (χ0) is 11.6. The minimum absolute atomic E-state index is 0.172. The molecule has 0 aromatic heterocycles. The van der Waals surface area contributed by atoms with Gasteiger partial charge in [-0.1, -0.05) is 0 Å². The monoisotopic (exact) mass is 171 g/mol. The van der Waals surface area contributed by atoms with Crippen molar-refractivity contribution in [1.29, 1.82) is 0 Å². The molecule has 0 N–H and O–H groups in total. The van der Waals surface area contributed by atoms with Gasteiger partial charge in [0.1, 0.15) is 0 Å². The van der Waals surface area contributed by atoms with Crippen LogP contribution in [0.15, 0.2) is 18.2 Å². The van der Waals surface area contributed by atoms with Crippen LogP contribution in [-0.2, 0) is 0 Å². The standard InChI is InChI=1S/C9H9FO2/c1-6(11)7-3-4-9(12-2)8(10)5-7/h3-5H,1-2H3/i2D3. The Balaban J connectivity index is 2.99. The molecular formula is C9H9FO2. The van der Waals surface area contributed by atoms with Gasteiger partial charge in [0, 0.05) is 5.56 Å². The molecule has 0 radical (unpaired) electrons. The molecule has 0 amide bonds. The van der Waals surface area contributed by atoms with Crippen LogP contribution >= 0.6 is 0 Å². The molecule has 0 aliphatic rings. The lowest BCUT2D eigenvalue weighted by atomic mass is 10.1. The molecule has 0 bridgehead atoms. The van der Waals surface area contributed by atoms with Gasteiger partial charge in [-0.05, 0) is 25.1 Å². The average Bonchev–Trinajstić information content (AvgIpc) is 2.05. The molecule has 0 unspecified atom stereocenters. The summed E-state index contributed by atoms with van der Waals surface area (Å²) < 4.78 is 37.9. The van der Waals surface area contributed by atoms with Crippen molar-refractivity contribution in [2.45, 2.75) is 6.92 Å². The first-order valence-corrected chi connectivity index (χ1v) is 3.29. The number of carbonyl (C=O) groups is 1. The van der Waals surface area contributed by atoms with Crippen molar-refractivity contribution >= 4 is 5.78 Å². The van der Waals surface area contributed by atoms with E-state index in [2.05, 4.69) is 4.74 Å². The predicted octanol–water partition coefficient (Wildman–Crippen LogP) is 2.04. The van der Waals surface area contributed by atoms with Crippen LogP contribution in [0.3, 0.4) is 0 Å². The number of Topliss-reactive ketones (excluding diaryl/α,β-unsaturated/α-hetero) is 1. The molecule has 0 heterocycles. The summed E-state index contributed by atoms with van der Waals surface area (Å²) >= 11 is 0. The molecule has 12 heavy (non-hydrogen) atoms. The van der Waals surface area contributed by atoms with E-state index in [1.165, 1.54) is 13.0 Å². The van der Waals surface area contributed by atoms with E-state index in [1.54, 1.807) is 0 Å². The van der Waals surface area contributed by atoms with E-state index in [9.17, 15) is 9.18 Å². The second-order valence-corrected chi connectivity index (χ2v) is 2.30. The molecule has 0 saturated carbocycles. The second-order valence-electron chi connectivity index (χ2n) is 2.30. The minimum Gasteiger partial charge on any atom is -0.494 e. The molecule has 1 aromatic rings. The number of ketones is 1. The highest BCUT2D eigenvalue weighted by Gasteiger charge is 2.05. The first-order chi connectivity index (χ1) is 6.79. The maximum atomic E-state index is 13.2. The Kier molecular flexibility index (Phi) is 1.48. The third kappa shape index (κ3) is 1.61. The first kappa shape index (κ1) is 5.30. The van der Waals surface area contributed by atoms with Crippen molar-refractivity contribution in [2.75, 3.05) is 7.04 Å². The normalized spacial score (nSPS) is 14.3. The summed E-state index contributed by atoms with van der Waals surface area (Å²) in [7, 11) is -2.70. The van der Waals surface area contributed by atoms with E-state index in [1.807, 2.05) is 0 Å². The van der Waals surface area contributed by atoms with E-state index in [0.29, 0.717) is 0 Å². The smallest absolute Gasteiger partial charge is 0.165 e. The van der Waals surface area contributed by atoms with Gasteiger partial charge in [0.2, 0.25) is 0 Å². The third-order valence-electron chi connectivity index (χ3n) is 1.45. The number of hydrogen-bond acceptors (Lipinski definition) is 2. The van der Waals surface area contributed by atoms with Gasteiger partial charge in [0.25, 0.3) is 0 Å². The molecule has 0 fully saturated rings. The lowest BCUT2D eigenvalue weighted by Gasteiger charge is -2.01. The number of rotatable bonds is 2. The molecule has 0 aliphatic carbocycles. The lowest BCUT2D eigenvalue weighted by molar-refractivity contribution is 0.101. The molecular weight excluding hydrogens is 159 g/mol. The summed E-state index contributed by atoms with van der Waals surface area (Å²) in [4.78, 5) is 10.9. The highest BCUT2D eigenvalue weighted by atomic mass is 19.1. The summed E-state index contributed by atoms with van der Waals surface area (Å²) in [5.41, 5.74) is 0.172. The Morgan fingerprint density at radius 1 is 1.67 bits per heavy atom. The molecule has 2 nitrogen and oxygen atoms in total. The molecule has 0 aliphatic heterocycles. The highest BCUT2D eigenvalue weighted by Crippen LogP contribution is 2.17. The highest BCUT2D eigenvalue weighted by molar-refractivity contribution is 5.94. The fourth-order valence-corrected chi connectivity index (χ4v) is 0.803. The van der Waals surface area contributed by atoms with Gasteiger partial charge in [0.05, 0.1) is 11.2 Å². The van der Waals surface area contributed by atoms with Crippen molar-refractivity contribution in [1.82, 2.24) is 0 Å². The van der Waals surface area contributed by atoms with E-state index < -0.39 is 12.9 Å². The quantitative estimate of drug-likeness (QED) is 0.636. The van der Waals surface area contributed by atoms with Gasteiger partial charge in [-0.2, -0.15) is 0 Å². The van der Waals surface area contributed by atoms with Gasteiger partial charge in [-0.25, -0.2) is 4.39 Å². The van der Waals surface area contributed by atoms with Crippen LogP contribution in [0, 0.1) is 5.82 Å². The Morgan fingerprint density at radius 2 is 2.42 bits per heavy atom. The number of benzene rings is 1. The van der Waals surface area contributed by atoms with Gasteiger partial charge in [-0.3, -0.25) is 4.79 Å². The van der Waals surface area contributed by atoms with Crippen molar-refractivity contribution in [2.24, 2.45) is 0 Å². The third-order valence-corrected chi connectivity index (χ3v) is 1.45. The summed E-state index contributed by atoms with van der Waals surface area (Å²) in [5, 5.41) is 0. The van der Waals surface area contributed by atoms with Gasteiger partial charge >= 0.3 is 0 Å². The fourth-order valence-electron chi connectivity index (χ4n) is 0.803. The largest absolute Gasteiger partial charge is 0.494 e. The van der Waals surface area contributed by atoms with E-state index in [0.717, 1.165) is 12.1 Å². The van der Waals surface area contributed by atoms with Crippen LogP contribution in [0.25, 0.3) is 0 Å². The molecule has 0 spiro atoms. The SMILES string of the molecule is [2H]C([2H])([2H])Oc1ccc(C(C)=O)cc1F. The lowest BCUT2D eigenvalue weighted by Crippen LogP contribution is -1.94. The Morgan fingerprint density at radius 3 is 2.92 bits per heavy atom. The molecule has 3 heteroatoms. The Hall–Kier alpha value is -1.38. The van der Waals surface area contributed by atoms with Gasteiger partial charge in [-0.15, -0.1) is 0 Å². The number of halogens is 1. The van der Waals surface area contributed by atoms with Crippen LogP contribution in [0.2, 0.25) is 0 Å². The summed E-state index contributed by atoms with van der Waals surface area (Å²) in [5.74, 6) is -1.55. The molecule has 64 valence electrons. The number of carbonyl (C=O) groups excluding carboxylic acids is 1. The topological polar surface area (TPSA) is 26.3 Å². The predicted molar refractivity (Wildman–Crippen MR) is 43.0 cm³/mol. The summed E-state index contributed by atoms with van der Waals surface area (Å²) in [6, 6.07) is 3.38. The van der Waals surface area contributed by atoms with E-state index in [-0.39, 0.29) is 17.1 Å². The van der Waals surface area contributed by atoms with Crippen molar-refractivity contribution in [3.8, 4) is 5.75 Å². The first-order valence-electron chi connectivity index (χ1n) is 4.79. The Bertz CT molecular complexity index is 387. The summed E-state index contributed by atoms with van der Waals surface area (Å²) in [6.45, 7) is 1.29. The van der Waals surface area contributed by atoms with Gasteiger partial charge in [0.15, 0.2) is 17.3 Å². The summed E-state index contributed by atoms with van der Waals surface area (Å²) in [6.07, 6.45) is 0. The molecule has 1 rings (SSSR count). The van der Waals surface area contributed by atoms with E-state index >= 15 is 0 Å². The van der Waals surface area contributed by atoms with Crippen LogP contribution in [0.4, 0.5) is 4.39 Å². The van der Waals surface area contributed by atoms with Crippen LogP contribution in [-0.4, -0.2) is 12.8 Å². The Labute approximate surface area is 74.2 Å². The fraction of sp³-hybridized carbons (Fsp3) is 0.222. The molecule has 0 atom stereocenters. The van der Waals surface area contributed by atoms with Crippen molar-refractivity contribution in [3.05, 3.63) is 29.6 Å². The molecule has 0 saturated heterocycles. The van der Waals surface area contributed by atoms with Crippen LogP contribution < -0.4 is 4.74 Å². The van der Waals surface area contributed by atoms with Crippen LogP contribution in [0.1, 0.15) is 21.4 Å². The maximum Gasteiger partial charge on any atom is 0.165 e. The van der Waals surface area contributed by atoms with Crippen LogP contribution in [0.5, 0.6) is 5.75 Å². The zero-order valence-corrected chi connectivity index (χ0v) is 6.43. The molecule has 1 aromatic carbocycles. The van der Waals surface area contributed by atoms with Crippen molar-refractivity contribution in [3.63, 3.8) is 0 Å². The number of methoxy groups -OCH3 is 1. The second kappa shape index (κ2) is 3.34. The van der Waals surface area contributed by atoms with E-state index in [4.69, 9.17) is 4.11 Å². The zero-order valence-electron chi connectivity index (χ0n) is 9.43. The van der Waals surface area contributed by atoms with Crippen molar-refractivity contribution < 1.29 is 18.0 Å². The number of ether oxygens (including phenoxy) is 1. The maximum absolute atomic E-state index is 13.2. The average molecular weight is 171 g/mol. The van der Waals surface area contributed by atoms with Gasteiger partial charge < -0.3 is 4.74 Å². The number of hydrogen-bond donors (Lipinski definition) is 0. The minimum atomic E-state index is -2.70.